The summed E-state index contributed by atoms with van der Waals surface area (Å²) in [5, 5.41) is 21.6. The van der Waals surface area contributed by atoms with Crippen molar-refractivity contribution < 1.29 is 192 Å². The monoisotopic (exact) mass is 1100 g/mol. The minimum absolute atomic E-state index is 0. The molecule has 4 rings (SSSR count). The van der Waals surface area contributed by atoms with Gasteiger partial charge in [-0.15, -0.1) is 0 Å². The Hall–Kier alpha value is -1.03. The Balaban J connectivity index is -0.0000000460. The molecule has 0 aliphatic carbocycles. The summed E-state index contributed by atoms with van der Waals surface area (Å²) in [6, 6.07) is 24.4. The molecule has 0 bridgehead atoms. The largest absolute Gasteiger partial charge is 1.00 e. The summed E-state index contributed by atoms with van der Waals surface area (Å²) in [5.74, 6) is 0. The standard InChI is InChI=1S/C10H14.C8H10.2C7H8O3S.CHN.CH4O2S.CH4.5CH3.2K.H2N5O10.3H2/c1-7-5-8(2)10(4)9(3)6-7;1-7-5-3-4-6-8(7)2;2*1-6-2-4-7(5-3-6)11(8,9)10;1-2;1-4(2)3;;;;;;;;;6-10-4-14-12-2-8-1-9-3-13-15-5-11-7;;;/h5-6H,1-4H3;3-6H,1-2H3;2*2-5H,1H3,(H,8,9,10);1H;1H3,(H,2,3);1H4;5*1H3;;;6-7H;3*1H/q;;;;;;;5*-1;2*+1;-5;;;/p-3. The van der Waals surface area contributed by atoms with E-state index in [-0.39, 0.29) is 161 Å². The van der Waals surface area contributed by atoms with Gasteiger partial charge in [0.25, 0.3) is 0 Å². The first-order chi connectivity index (χ1) is 28.6. The topological polar surface area (TPSA) is 363 Å². The molecule has 24 nitrogen and oxygen atoms in total. The molecule has 0 heterocycles. The summed E-state index contributed by atoms with van der Waals surface area (Å²) in [5.41, 5.74) is 22.3. The molecule has 1 atom stereocenters. The maximum Gasteiger partial charge on any atom is 1.00 e. The van der Waals surface area contributed by atoms with Crippen molar-refractivity contribution in [3.8, 4) is 6.57 Å². The molecule has 0 fully saturated rings. The second-order valence-corrected chi connectivity index (χ2v) is 14.6. The minimum Gasteiger partial charge on any atom is -0.773 e. The van der Waals surface area contributed by atoms with Crippen molar-refractivity contribution in [2.45, 2.75) is 72.6 Å². The molecule has 0 saturated carbocycles. The van der Waals surface area contributed by atoms with E-state index in [2.05, 4.69) is 153 Å². The molecule has 0 amide bonds. The maximum atomic E-state index is 10.4. The fourth-order valence-corrected chi connectivity index (χ4v) is 4.41. The van der Waals surface area contributed by atoms with Gasteiger partial charge < -0.3 is 119 Å². The van der Waals surface area contributed by atoms with E-state index >= 15 is 0 Å². The predicted octanol–water partition coefficient (Wildman–Crippen LogP) is 5.20. The molecule has 0 saturated heterocycles. The number of nitriles is 1. The zero-order valence-electron chi connectivity index (χ0n) is 41.0. The summed E-state index contributed by atoms with van der Waals surface area (Å²) < 4.78 is 80.3. The Labute approximate surface area is 502 Å². The van der Waals surface area contributed by atoms with Crippen molar-refractivity contribution in [2.75, 3.05) is 6.26 Å². The number of aryl methyl sites for hydroxylation is 7. The minimum atomic E-state index is -4.27. The predicted molar refractivity (Wildman–Crippen MR) is 257 cm³/mol. The van der Waals surface area contributed by atoms with Crippen molar-refractivity contribution in [1.82, 2.24) is 0 Å². The van der Waals surface area contributed by atoms with E-state index in [1.165, 1.54) is 57.6 Å². The van der Waals surface area contributed by atoms with Crippen LogP contribution in [0.2, 0.25) is 0 Å². The van der Waals surface area contributed by atoms with Crippen molar-refractivity contribution >= 4 is 31.3 Å². The first-order valence-electron chi connectivity index (χ1n) is 16.1. The van der Waals surface area contributed by atoms with Crippen molar-refractivity contribution in [2.24, 2.45) is 0 Å². The molecule has 2 N–H and O–H groups in total. The van der Waals surface area contributed by atoms with Crippen molar-refractivity contribution in [1.29, 1.82) is 5.26 Å². The van der Waals surface area contributed by atoms with Gasteiger partial charge in [0, 0.05) is 10.9 Å². The van der Waals surface area contributed by atoms with E-state index in [4.69, 9.17) is 24.5 Å². The summed E-state index contributed by atoms with van der Waals surface area (Å²) in [4.78, 5) is 27.5. The number of benzene rings is 4. The summed E-state index contributed by atoms with van der Waals surface area (Å²) in [6.07, 6.45) is 1.08. The second-order valence-electron chi connectivity index (χ2n) is 11.0. The van der Waals surface area contributed by atoms with Crippen molar-refractivity contribution in [3.63, 3.8) is 0 Å². The van der Waals surface area contributed by atoms with Crippen LogP contribution in [0, 0.1) is 104 Å². The molecule has 398 valence electrons. The molecule has 0 aromatic heterocycles. The molecule has 29 heteroatoms. The van der Waals surface area contributed by atoms with Gasteiger partial charge >= 0.3 is 103 Å². The maximum absolute atomic E-state index is 10.4. The molecular formula is C40H69K2N6O18S3-11. The fourth-order valence-electron chi connectivity index (χ4n) is 3.48. The van der Waals surface area contributed by atoms with E-state index in [0.29, 0.717) is 0 Å². The SMILES string of the molecule is C.C#N.CS(=O)[O-].Cc1cc(C)c(C)c(C)c1.Cc1ccc(S(=O)(=O)[O-])cc1.Cc1ccc(S(=O)(=O)[O-])cc1.Cc1ccccc1C.OO[N-]OO[N-]O[N-]O[N-]OO[N-]OO.[CH3-].[CH3-].[CH3-].[CH3-].[CH3-].[HH].[HH].[HH].[K+].[K+]. The molecule has 4 aromatic carbocycles. The second kappa shape index (κ2) is 57.9. The van der Waals surface area contributed by atoms with Crippen LogP contribution in [0.25, 0.3) is 28.2 Å². The summed E-state index contributed by atoms with van der Waals surface area (Å²) in [7, 11) is -8.54. The Bertz CT molecular complexity index is 1910. The van der Waals surface area contributed by atoms with Crippen LogP contribution < -0.4 is 103 Å². The van der Waals surface area contributed by atoms with Gasteiger partial charge in [0.2, 0.25) is 0 Å². The fraction of sp³-hybridized carbons (Fsp3) is 0.250. The molecule has 0 spiro atoms. The van der Waals surface area contributed by atoms with E-state index in [9.17, 15) is 25.9 Å². The van der Waals surface area contributed by atoms with Crippen LogP contribution in [0.15, 0.2) is 94.7 Å². The number of hydrogen-bond acceptors (Lipinski definition) is 19. The quantitative estimate of drug-likeness (QED) is 0.0311. The van der Waals surface area contributed by atoms with Gasteiger partial charge in [0.05, 0.1) is 9.79 Å². The molecule has 0 aliphatic heterocycles. The third-order valence-corrected chi connectivity index (χ3v) is 8.20. The Kier molecular flexibility index (Phi) is 78.8. The number of nitrogens with zero attached hydrogens (tertiary/aromatic N) is 6. The van der Waals surface area contributed by atoms with Gasteiger partial charge in [0.1, 0.15) is 20.2 Å². The van der Waals surface area contributed by atoms with Gasteiger partial charge in [-0.2, -0.15) is 0 Å². The van der Waals surface area contributed by atoms with Crippen LogP contribution in [0.3, 0.4) is 0 Å². The first kappa shape index (κ1) is 93.9. The van der Waals surface area contributed by atoms with E-state index < -0.39 is 31.3 Å². The normalized spacial score (nSPS) is 9.45. The smallest absolute Gasteiger partial charge is 0.773 e. The van der Waals surface area contributed by atoms with Crippen LogP contribution in [0.1, 0.15) is 56.2 Å². The van der Waals surface area contributed by atoms with Crippen LogP contribution >= 0.6 is 0 Å². The van der Waals surface area contributed by atoms with E-state index in [1.807, 2.05) is 13.8 Å². The van der Waals surface area contributed by atoms with Crippen LogP contribution in [0.5, 0.6) is 0 Å². The zero-order valence-corrected chi connectivity index (χ0v) is 49.7. The zero-order chi connectivity index (χ0) is 47.4. The average molecular weight is 1100 g/mol. The number of hydrogen-bond donors (Lipinski definition) is 2. The summed E-state index contributed by atoms with van der Waals surface area (Å²) >= 11 is -1.86. The van der Waals surface area contributed by atoms with Gasteiger partial charge in [-0.3, -0.25) is 14.7 Å². The van der Waals surface area contributed by atoms with Crippen LogP contribution in [0.4, 0.5) is 0 Å². The first-order valence-corrected chi connectivity index (χ1v) is 20.4. The molecular weight excluding hydrogens is 1030 g/mol. The van der Waals surface area contributed by atoms with E-state index in [1.54, 1.807) is 24.3 Å². The Morgan fingerprint density at radius 3 is 1.03 bits per heavy atom. The molecule has 69 heavy (non-hydrogen) atoms. The molecule has 4 aromatic rings. The van der Waals surface area contributed by atoms with Crippen LogP contribution in [-0.2, 0) is 71.1 Å². The molecule has 1 unspecified atom stereocenters. The third-order valence-electron chi connectivity index (χ3n) is 6.50. The number of rotatable bonds is 14. The third kappa shape index (κ3) is 57.7. The van der Waals surface area contributed by atoms with Gasteiger partial charge in [-0.05, 0) is 114 Å². The van der Waals surface area contributed by atoms with E-state index in [0.717, 1.165) is 17.4 Å². The Morgan fingerprint density at radius 2 is 0.797 bits per heavy atom. The molecule has 0 aliphatic rings. The van der Waals surface area contributed by atoms with Gasteiger partial charge in [-0.1, -0.05) is 95.9 Å². The van der Waals surface area contributed by atoms with Crippen LogP contribution in [-0.4, -0.2) is 51.5 Å². The molecule has 0 radical (unpaired) electrons. The van der Waals surface area contributed by atoms with Gasteiger partial charge in [-0.25, -0.2) is 22.1 Å². The Morgan fingerprint density at radius 1 is 0.536 bits per heavy atom. The van der Waals surface area contributed by atoms with Crippen molar-refractivity contribution in [3.05, 3.63) is 195 Å². The average Bonchev–Trinajstić information content (AvgIpc) is 3.18. The summed E-state index contributed by atoms with van der Waals surface area (Å²) in [6.45, 7) is 20.0. The van der Waals surface area contributed by atoms with Gasteiger partial charge in [0.15, 0.2) is 0 Å².